The van der Waals surface area contributed by atoms with E-state index in [0.29, 0.717) is 16.9 Å². The first kappa shape index (κ1) is 21.6. The monoisotopic (exact) mass is 406 g/mol. The van der Waals surface area contributed by atoms with Gasteiger partial charge in [0.1, 0.15) is 11.9 Å². The molecular weight excluding hydrogens is 380 g/mol. The first-order valence-electron chi connectivity index (χ1n) is 9.66. The molecular formula is C25H26O5. The number of aliphatic hydroxyl groups is 1. The van der Waals surface area contributed by atoms with Crippen LogP contribution >= 0.6 is 0 Å². The molecule has 0 aliphatic rings. The molecule has 30 heavy (non-hydrogen) atoms. The fraction of sp³-hybridized carbons (Fsp3) is 0.240. The minimum absolute atomic E-state index is 0.122. The van der Waals surface area contributed by atoms with Gasteiger partial charge in [-0.15, -0.1) is 0 Å². The highest BCUT2D eigenvalue weighted by Crippen LogP contribution is 2.41. The molecule has 0 saturated heterocycles. The lowest BCUT2D eigenvalue weighted by Crippen LogP contribution is -2.45. The van der Waals surface area contributed by atoms with Crippen molar-refractivity contribution in [3.8, 4) is 5.75 Å². The van der Waals surface area contributed by atoms with Gasteiger partial charge >= 0.3 is 5.97 Å². The van der Waals surface area contributed by atoms with Crippen LogP contribution in [-0.4, -0.2) is 25.3 Å². The molecule has 0 radical (unpaired) electrons. The minimum atomic E-state index is -1.74. The molecule has 0 spiro atoms. The van der Waals surface area contributed by atoms with Crippen LogP contribution in [-0.2, 0) is 26.5 Å². The van der Waals surface area contributed by atoms with E-state index in [9.17, 15) is 9.90 Å². The average molecular weight is 406 g/mol. The normalized spacial score (nSPS) is 13.9. The van der Waals surface area contributed by atoms with Crippen molar-refractivity contribution >= 4 is 5.97 Å². The topological polar surface area (TPSA) is 65.0 Å². The van der Waals surface area contributed by atoms with E-state index in [4.69, 9.17) is 14.2 Å². The van der Waals surface area contributed by atoms with E-state index in [2.05, 4.69) is 0 Å². The number of hydrogen-bond donors (Lipinski definition) is 1. The van der Waals surface area contributed by atoms with Crippen molar-refractivity contribution in [1.29, 1.82) is 0 Å². The largest absolute Gasteiger partial charge is 0.497 e. The third-order valence-electron chi connectivity index (χ3n) is 5.06. The number of carbonyl (C=O) groups is 1. The van der Waals surface area contributed by atoms with Gasteiger partial charge in [-0.1, -0.05) is 72.3 Å². The Bertz CT molecular complexity index is 968. The lowest BCUT2D eigenvalue weighted by atomic mass is 9.83. The molecule has 5 heteroatoms. The van der Waals surface area contributed by atoms with Crippen LogP contribution in [0.4, 0.5) is 0 Å². The molecule has 0 fully saturated rings. The van der Waals surface area contributed by atoms with E-state index >= 15 is 0 Å². The summed E-state index contributed by atoms with van der Waals surface area (Å²) in [5.74, 6) is -0.0253. The van der Waals surface area contributed by atoms with Gasteiger partial charge in [-0.25, -0.2) is 4.79 Å². The molecule has 156 valence electrons. The Labute approximate surface area is 176 Å². The van der Waals surface area contributed by atoms with Gasteiger partial charge < -0.3 is 19.3 Å². The van der Waals surface area contributed by atoms with Crippen molar-refractivity contribution < 1.29 is 24.1 Å². The highest BCUT2D eigenvalue weighted by Gasteiger charge is 2.50. The minimum Gasteiger partial charge on any atom is -0.497 e. The summed E-state index contributed by atoms with van der Waals surface area (Å²) in [6.45, 7) is 2.04. The third-order valence-corrected chi connectivity index (χ3v) is 5.06. The van der Waals surface area contributed by atoms with Gasteiger partial charge in [0.2, 0.25) is 5.60 Å². The second-order valence-corrected chi connectivity index (χ2v) is 7.05. The van der Waals surface area contributed by atoms with Crippen LogP contribution in [0.3, 0.4) is 0 Å². The molecule has 0 aliphatic carbocycles. The second kappa shape index (κ2) is 9.57. The van der Waals surface area contributed by atoms with Crippen molar-refractivity contribution in [2.24, 2.45) is 0 Å². The van der Waals surface area contributed by atoms with Crippen LogP contribution in [0.2, 0.25) is 0 Å². The van der Waals surface area contributed by atoms with E-state index in [1.54, 1.807) is 37.4 Å². The van der Waals surface area contributed by atoms with Crippen LogP contribution in [0.5, 0.6) is 5.75 Å². The van der Waals surface area contributed by atoms with Crippen molar-refractivity contribution in [2.75, 3.05) is 14.2 Å². The third kappa shape index (κ3) is 4.37. The van der Waals surface area contributed by atoms with Crippen molar-refractivity contribution in [2.45, 2.75) is 25.2 Å². The molecule has 0 heterocycles. The van der Waals surface area contributed by atoms with E-state index in [1.807, 2.05) is 55.5 Å². The number of carbonyl (C=O) groups excluding carboxylic acids is 1. The summed E-state index contributed by atoms with van der Waals surface area (Å²) in [7, 11) is 2.86. The van der Waals surface area contributed by atoms with Gasteiger partial charge in [0, 0.05) is 0 Å². The molecule has 2 atom stereocenters. The van der Waals surface area contributed by atoms with Gasteiger partial charge in [-0.2, -0.15) is 0 Å². The van der Waals surface area contributed by atoms with E-state index < -0.39 is 17.7 Å². The summed E-state index contributed by atoms with van der Waals surface area (Å²) < 4.78 is 16.6. The summed E-state index contributed by atoms with van der Waals surface area (Å²) in [6.07, 6.45) is -1.30. The highest BCUT2D eigenvalue weighted by atomic mass is 16.6. The lowest BCUT2D eigenvalue weighted by Gasteiger charge is -2.36. The highest BCUT2D eigenvalue weighted by molar-refractivity contribution is 5.82. The summed E-state index contributed by atoms with van der Waals surface area (Å²) in [4.78, 5) is 13.2. The summed E-state index contributed by atoms with van der Waals surface area (Å²) in [5, 5.41) is 11.5. The fourth-order valence-electron chi connectivity index (χ4n) is 3.43. The van der Waals surface area contributed by atoms with Gasteiger partial charge in [-0.3, -0.25) is 0 Å². The zero-order valence-corrected chi connectivity index (χ0v) is 17.4. The number of aryl methyl sites for hydroxylation is 1. The van der Waals surface area contributed by atoms with Crippen LogP contribution in [0.25, 0.3) is 0 Å². The van der Waals surface area contributed by atoms with Crippen LogP contribution in [0, 0.1) is 6.92 Å². The van der Waals surface area contributed by atoms with Gasteiger partial charge in [0.25, 0.3) is 0 Å². The van der Waals surface area contributed by atoms with Crippen LogP contribution < -0.4 is 4.74 Å². The van der Waals surface area contributed by atoms with Gasteiger partial charge in [-0.05, 0) is 35.7 Å². The quantitative estimate of drug-likeness (QED) is 0.565. The van der Waals surface area contributed by atoms with Gasteiger partial charge in [0.15, 0.2) is 0 Å². The number of methoxy groups -OCH3 is 2. The Kier molecular flexibility index (Phi) is 6.87. The Hall–Kier alpha value is -3.15. The summed E-state index contributed by atoms with van der Waals surface area (Å²) in [6, 6.07) is 23.7. The number of hydrogen-bond acceptors (Lipinski definition) is 5. The molecule has 0 saturated carbocycles. The Balaban J connectivity index is 2.11. The van der Waals surface area contributed by atoms with Crippen molar-refractivity contribution in [3.05, 3.63) is 101 Å². The molecule has 3 aromatic carbocycles. The average Bonchev–Trinajstić information content (AvgIpc) is 2.80. The second-order valence-electron chi connectivity index (χ2n) is 7.05. The molecule has 3 aromatic rings. The molecule has 0 unspecified atom stereocenters. The number of benzene rings is 3. The van der Waals surface area contributed by atoms with Crippen LogP contribution in [0.15, 0.2) is 78.9 Å². The Morgan fingerprint density at radius 2 is 1.67 bits per heavy atom. The number of ether oxygens (including phenoxy) is 3. The Morgan fingerprint density at radius 1 is 0.967 bits per heavy atom. The SMILES string of the molecule is COC(=O)[C@](OCc1ccccc1)(c1cccc(C)c1)[C@@H](O)c1ccc(OC)cc1. The van der Waals surface area contributed by atoms with Crippen molar-refractivity contribution in [3.63, 3.8) is 0 Å². The smallest absolute Gasteiger partial charge is 0.346 e. The molecule has 5 nitrogen and oxygen atoms in total. The predicted molar refractivity (Wildman–Crippen MR) is 114 cm³/mol. The molecule has 0 bridgehead atoms. The predicted octanol–water partition coefficient (Wildman–Crippen LogP) is 4.32. The lowest BCUT2D eigenvalue weighted by molar-refractivity contribution is -0.194. The Morgan fingerprint density at radius 3 is 2.27 bits per heavy atom. The van der Waals surface area contributed by atoms with E-state index in [0.717, 1.165) is 11.1 Å². The first-order valence-corrected chi connectivity index (χ1v) is 9.66. The summed E-state index contributed by atoms with van der Waals surface area (Å²) in [5.41, 5.74) is 1.10. The maximum absolute atomic E-state index is 13.2. The molecule has 0 amide bonds. The van der Waals surface area contributed by atoms with Crippen molar-refractivity contribution in [1.82, 2.24) is 0 Å². The number of esters is 1. The number of rotatable bonds is 8. The van der Waals surface area contributed by atoms with E-state index in [-0.39, 0.29) is 6.61 Å². The zero-order valence-electron chi connectivity index (χ0n) is 17.4. The zero-order chi connectivity index (χ0) is 21.6. The molecule has 0 aromatic heterocycles. The molecule has 0 aliphatic heterocycles. The fourth-order valence-corrected chi connectivity index (χ4v) is 3.43. The van der Waals surface area contributed by atoms with Gasteiger partial charge in [0.05, 0.1) is 20.8 Å². The maximum atomic E-state index is 13.2. The standard InChI is InChI=1S/C25H26O5/c1-18-8-7-11-21(16-18)25(24(27)29-3,30-17-19-9-5-4-6-10-19)23(26)20-12-14-22(28-2)15-13-20/h4-16,23,26H,17H2,1-3H3/t23-,25-/m0/s1. The van der Waals surface area contributed by atoms with E-state index in [1.165, 1.54) is 7.11 Å². The first-order chi connectivity index (χ1) is 14.5. The number of aliphatic hydroxyl groups excluding tert-OH is 1. The summed E-state index contributed by atoms with van der Waals surface area (Å²) >= 11 is 0. The maximum Gasteiger partial charge on any atom is 0.346 e. The molecule has 3 rings (SSSR count). The van der Waals surface area contributed by atoms with Crippen LogP contribution in [0.1, 0.15) is 28.4 Å². The molecule has 1 N–H and O–H groups in total.